The number of nitrogens with zero attached hydrogens (tertiary/aromatic N) is 2. The van der Waals surface area contributed by atoms with Crippen LogP contribution in [0.3, 0.4) is 0 Å². The lowest BCUT2D eigenvalue weighted by molar-refractivity contribution is -0.00358. The van der Waals surface area contributed by atoms with Gasteiger partial charge in [-0.25, -0.2) is 0 Å². The smallest absolute Gasteiger partial charge is 0.176 e. The van der Waals surface area contributed by atoms with Crippen LogP contribution >= 0.6 is 11.6 Å². The Balaban J connectivity index is 1.64. The van der Waals surface area contributed by atoms with Crippen LogP contribution in [0.4, 0.5) is 0 Å². The number of morpholine rings is 1. The lowest BCUT2D eigenvalue weighted by Crippen LogP contribution is -2.51. The number of rotatable bonds is 4. The van der Waals surface area contributed by atoms with Gasteiger partial charge in [0.05, 0.1) is 25.3 Å². The summed E-state index contributed by atoms with van der Waals surface area (Å²) in [5.41, 5.74) is 1.08. The van der Waals surface area contributed by atoms with E-state index in [2.05, 4.69) is 9.80 Å². The van der Waals surface area contributed by atoms with E-state index < -0.39 is 0 Å². The molecule has 0 bridgehead atoms. The van der Waals surface area contributed by atoms with Crippen LogP contribution in [0.15, 0.2) is 12.1 Å². The lowest BCUT2D eigenvalue weighted by Gasteiger charge is -2.41. The van der Waals surface area contributed by atoms with Crippen LogP contribution < -0.4 is 4.74 Å². The van der Waals surface area contributed by atoms with E-state index in [4.69, 9.17) is 21.1 Å². The molecule has 128 valence electrons. The van der Waals surface area contributed by atoms with Crippen molar-refractivity contribution < 1.29 is 14.6 Å². The van der Waals surface area contributed by atoms with Crippen molar-refractivity contribution in [3.8, 4) is 11.5 Å². The molecule has 2 aliphatic heterocycles. The van der Waals surface area contributed by atoms with Gasteiger partial charge in [0.2, 0.25) is 0 Å². The Morgan fingerprint density at radius 1 is 1.30 bits per heavy atom. The summed E-state index contributed by atoms with van der Waals surface area (Å²) in [6, 6.07) is 4.32. The number of aromatic hydroxyl groups is 1. The Kier molecular flexibility index (Phi) is 5.64. The fraction of sp³-hybridized carbons (Fsp3) is 0.647. The molecule has 5 nitrogen and oxygen atoms in total. The third-order valence-electron chi connectivity index (χ3n) is 4.76. The molecular formula is C17H25ClN2O3. The summed E-state index contributed by atoms with van der Waals surface area (Å²) >= 11 is 6.10. The van der Waals surface area contributed by atoms with Crippen LogP contribution in [-0.4, -0.2) is 67.5 Å². The second-order valence-corrected chi connectivity index (χ2v) is 6.72. The molecule has 2 aliphatic rings. The molecule has 3 rings (SSSR count). The Morgan fingerprint density at radius 2 is 2.09 bits per heavy atom. The molecule has 1 aromatic carbocycles. The molecule has 1 N–H and O–H groups in total. The molecule has 1 atom stereocenters. The minimum Gasteiger partial charge on any atom is -0.503 e. The molecule has 0 aromatic heterocycles. The summed E-state index contributed by atoms with van der Waals surface area (Å²) < 4.78 is 10.7. The summed E-state index contributed by atoms with van der Waals surface area (Å²) in [5, 5.41) is 10.2. The van der Waals surface area contributed by atoms with E-state index in [1.807, 2.05) is 12.1 Å². The number of halogens is 1. The van der Waals surface area contributed by atoms with Crippen LogP contribution in [0.25, 0.3) is 0 Å². The average molecular weight is 341 g/mol. The Hall–Kier alpha value is -1.01. The van der Waals surface area contributed by atoms with Crippen molar-refractivity contribution in [2.75, 3.05) is 46.5 Å². The highest BCUT2D eigenvalue weighted by Gasteiger charge is 2.26. The Bertz CT molecular complexity index is 535. The van der Waals surface area contributed by atoms with Gasteiger partial charge in [-0.15, -0.1) is 0 Å². The Morgan fingerprint density at radius 3 is 2.83 bits per heavy atom. The van der Waals surface area contributed by atoms with E-state index >= 15 is 0 Å². The zero-order valence-corrected chi connectivity index (χ0v) is 14.4. The quantitative estimate of drug-likeness (QED) is 0.911. The number of phenolic OH excluding ortho intramolecular Hbond substituents is 1. The number of hydrogen-bond donors (Lipinski definition) is 1. The molecule has 23 heavy (non-hydrogen) atoms. The zero-order valence-electron chi connectivity index (χ0n) is 13.6. The van der Waals surface area contributed by atoms with E-state index in [0.29, 0.717) is 16.8 Å². The standard InChI is InChI=1S/C17H25ClN2O3/c1-22-16-10-13(9-15(18)17(16)21)11-19-4-2-3-14(12-19)20-5-7-23-8-6-20/h9-10,14,21H,2-8,11-12H2,1H3. The van der Waals surface area contributed by atoms with Crippen molar-refractivity contribution in [2.45, 2.75) is 25.4 Å². The van der Waals surface area contributed by atoms with E-state index in [1.54, 1.807) is 7.11 Å². The molecule has 2 heterocycles. The number of phenols is 1. The number of likely N-dealkylation sites (tertiary alicyclic amines) is 1. The number of benzene rings is 1. The van der Waals surface area contributed by atoms with Crippen molar-refractivity contribution in [3.05, 3.63) is 22.7 Å². The van der Waals surface area contributed by atoms with Crippen LogP contribution in [-0.2, 0) is 11.3 Å². The van der Waals surface area contributed by atoms with Crippen molar-refractivity contribution in [2.24, 2.45) is 0 Å². The Labute approximate surface area is 142 Å². The number of ether oxygens (including phenoxy) is 2. The molecule has 0 aliphatic carbocycles. The van der Waals surface area contributed by atoms with E-state index in [-0.39, 0.29) is 5.75 Å². The van der Waals surface area contributed by atoms with Gasteiger partial charge in [0.25, 0.3) is 0 Å². The largest absolute Gasteiger partial charge is 0.503 e. The van der Waals surface area contributed by atoms with Gasteiger partial charge < -0.3 is 14.6 Å². The highest BCUT2D eigenvalue weighted by atomic mass is 35.5. The minimum absolute atomic E-state index is 0.0164. The molecule has 1 unspecified atom stereocenters. The van der Waals surface area contributed by atoms with E-state index in [1.165, 1.54) is 12.8 Å². The van der Waals surface area contributed by atoms with Crippen molar-refractivity contribution in [1.29, 1.82) is 0 Å². The fourth-order valence-electron chi connectivity index (χ4n) is 3.55. The second kappa shape index (κ2) is 7.71. The molecule has 0 radical (unpaired) electrons. The molecule has 0 spiro atoms. The maximum absolute atomic E-state index is 9.85. The molecule has 0 saturated carbocycles. The lowest BCUT2D eigenvalue weighted by atomic mass is 10.0. The van der Waals surface area contributed by atoms with Gasteiger partial charge in [0.15, 0.2) is 11.5 Å². The normalized spacial score (nSPS) is 23.8. The number of hydrogen-bond acceptors (Lipinski definition) is 5. The third-order valence-corrected chi connectivity index (χ3v) is 5.05. The fourth-order valence-corrected chi connectivity index (χ4v) is 3.78. The summed E-state index contributed by atoms with van der Waals surface area (Å²) in [7, 11) is 1.55. The van der Waals surface area contributed by atoms with Gasteiger partial charge in [-0.1, -0.05) is 11.6 Å². The summed E-state index contributed by atoms with van der Waals surface area (Å²) in [6.07, 6.45) is 2.47. The summed E-state index contributed by atoms with van der Waals surface area (Å²) in [5.74, 6) is 0.456. The second-order valence-electron chi connectivity index (χ2n) is 6.31. The predicted octanol–water partition coefficient (Wildman–Crippen LogP) is 2.35. The highest BCUT2D eigenvalue weighted by molar-refractivity contribution is 6.32. The monoisotopic (exact) mass is 340 g/mol. The van der Waals surface area contributed by atoms with Gasteiger partial charge in [0, 0.05) is 32.2 Å². The predicted molar refractivity (Wildman–Crippen MR) is 90.4 cm³/mol. The van der Waals surface area contributed by atoms with Crippen LogP contribution in [0, 0.1) is 0 Å². The maximum Gasteiger partial charge on any atom is 0.176 e. The van der Waals surface area contributed by atoms with Crippen LogP contribution in [0.1, 0.15) is 18.4 Å². The molecule has 6 heteroatoms. The highest BCUT2D eigenvalue weighted by Crippen LogP contribution is 2.35. The molecule has 2 fully saturated rings. The first-order valence-corrected chi connectivity index (χ1v) is 8.64. The maximum atomic E-state index is 9.85. The number of methoxy groups -OCH3 is 1. The summed E-state index contributed by atoms with van der Waals surface area (Å²) in [4.78, 5) is 5.02. The van der Waals surface area contributed by atoms with Gasteiger partial charge in [-0.2, -0.15) is 0 Å². The first-order chi connectivity index (χ1) is 11.2. The van der Waals surface area contributed by atoms with Crippen molar-refractivity contribution >= 4 is 11.6 Å². The van der Waals surface area contributed by atoms with Crippen molar-refractivity contribution in [3.63, 3.8) is 0 Å². The van der Waals surface area contributed by atoms with Crippen LogP contribution in [0.5, 0.6) is 11.5 Å². The van der Waals surface area contributed by atoms with E-state index in [9.17, 15) is 5.11 Å². The first kappa shape index (κ1) is 16.8. The average Bonchev–Trinajstić information content (AvgIpc) is 2.59. The van der Waals surface area contributed by atoms with Gasteiger partial charge in [-0.3, -0.25) is 9.80 Å². The molecular weight excluding hydrogens is 316 g/mol. The minimum atomic E-state index is 0.0164. The SMILES string of the molecule is COc1cc(CN2CCCC(N3CCOCC3)C2)cc(Cl)c1O. The summed E-state index contributed by atoms with van der Waals surface area (Å²) in [6.45, 7) is 6.77. The van der Waals surface area contributed by atoms with Crippen molar-refractivity contribution in [1.82, 2.24) is 9.80 Å². The first-order valence-electron chi connectivity index (χ1n) is 8.27. The zero-order chi connectivity index (χ0) is 16.2. The van der Waals surface area contributed by atoms with Gasteiger partial charge >= 0.3 is 0 Å². The number of piperidine rings is 1. The molecule has 1 aromatic rings. The van der Waals surface area contributed by atoms with E-state index in [0.717, 1.165) is 51.5 Å². The molecule has 0 amide bonds. The van der Waals surface area contributed by atoms with Crippen LogP contribution in [0.2, 0.25) is 5.02 Å². The third kappa shape index (κ3) is 4.10. The molecule has 2 saturated heterocycles. The van der Waals surface area contributed by atoms with Gasteiger partial charge in [-0.05, 0) is 37.1 Å². The van der Waals surface area contributed by atoms with Gasteiger partial charge in [0.1, 0.15) is 0 Å². The topological polar surface area (TPSA) is 45.2 Å².